The van der Waals surface area contributed by atoms with Gasteiger partial charge in [0, 0.05) is 13.1 Å². The number of thioether (sulfide) groups is 1. The van der Waals surface area contributed by atoms with Crippen molar-refractivity contribution in [1.82, 2.24) is 20.2 Å². The van der Waals surface area contributed by atoms with E-state index in [-0.39, 0.29) is 23.6 Å². The largest absolute Gasteiger partial charge is 0.342 e. The number of halogens is 1. The predicted molar refractivity (Wildman–Crippen MR) is 112 cm³/mol. The van der Waals surface area contributed by atoms with E-state index in [0.29, 0.717) is 5.75 Å². The first-order valence-corrected chi connectivity index (χ1v) is 10.2. The molecule has 1 aliphatic heterocycles. The molecule has 0 aliphatic carbocycles. The normalized spacial score (nSPS) is 16.5. The number of aromatic amines is 1. The van der Waals surface area contributed by atoms with Gasteiger partial charge in [0.15, 0.2) is 0 Å². The molecule has 2 N–H and O–H groups in total. The molecule has 0 radical (unpaired) electrons. The number of hydrogen-bond donors (Lipinski definition) is 2. The monoisotopic (exact) mass is 396 g/mol. The highest BCUT2D eigenvalue weighted by atomic mass is 35.5. The van der Waals surface area contributed by atoms with E-state index in [1.165, 1.54) is 6.42 Å². The second-order valence-electron chi connectivity index (χ2n) is 6.81. The number of nitrogens with zero attached hydrogens (tertiary/aromatic N) is 2. The summed E-state index contributed by atoms with van der Waals surface area (Å²) in [5, 5.41) is 3.40. The molecule has 5 nitrogen and oxygen atoms in total. The Morgan fingerprint density at radius 2 is 2.12 bits per heavy atom. The SMILES string of the molecule is CNCCC1CCN(C(=O)CSC(C)c2nc3ccccc3[nH]2)CC1.Cl. The molecule has 1 saturated heterocycles. The Morgan fingerprint density at radius 3 is 2.81 bits per heavy atom. The highest BCUT2D eigenvalue weighted by Gasteiger charge is 2.23. The lowest BCUT2D eigenvalue weighted by Gasteiger charge is -2.32. The van der Waals surface area contributed by atoms with E-state index in [0.717, 1.165) is 55.3 Å². The summed E-state index contributed by atoms with van der Waals surface area (Å²) in [4.78, 5) is 22.5. The molecule has 1 unspecified atom stereocenters. The maximum Gasteiger partial charge on any atom is 0.232 e. The van der Waals surface area contributed by atoms with Crippen LogP contribution in [0.25, 0.3) is 11.0 Å². The summed E-state index contributed by atoms with van der Waals surface area (Å²) in [6.45, 7) is 5.00. The average Bonchev–Trinajstić information content (AvgIpc) is 3.09. The molecule has 0 spiro atoms. The van der Waals surface area contributed by atoms with Crippen LogP contribution >= 0.6 is 24.2 Å². The van der Waals surface area contributed by atoms with Crippen LogP contribution in [0.5, 0.6) is 0 Å². The van der Waals surface area contributed by atoms with Crippen LogP contribution in [0.3, 0.4) is 0 Å². The molecule has 2 aromatic rings. The molecule has 1 amide bonds. The number of para-hydroxylation sites is 2. The van der Waals surface area contributed by atoms with Gasteiger partial charge in [-0.1, -0.05) is 12.1 Å². The van der Waals surface area contributed by atoms with Crippen LogP contribution in [0.1, 0.15) is 37.3 Å². The highest BCUT2D eigenvalue weighted by Crippen LogP contribution is 2.28. The summed E-state index contributed by atoms with van der Waals surface area (Å²) in [5.41, 5.74) is 2.04. The number of piperidine rings is 1. The van der Waals surface area contributed by atoms with Crippen molar-refractivity contribution in [3.05, 3.63) is 30.1 Å². The topological polar surface area (TPSA) is 61.0 Å². The first kappa shape index (κ1) is 21.1. The predicted octanol–water partition coefficient (Wildman–Crippen LogP) is 3.63. The average molecular weight is 397 g/mol. The second-order valence-corrected chi connectivity index (χ2v) is 8.14. The van der Waals surface area contributed by atoms with E-state index in [1.54, 1.807) is 11.8 Å². The molecule has 144 valence electrons. The number of imidazole rings is 1. The van der Waals surface area contributed by atoms with E-state index in [2.05, 4.69) is 22.2 Å². The van der Waals surface area contributed by atoms with Gasteiger partial charge in [0.2, 0.25) is 5.91 Å². The maximum atomic E-state index is 12.5. The van der Waals surface area contributed by atoms with Gasteiger partial charge in [0.25, 0.3) is 0 Å². The summed E-state index contributed by atoms with van der Waals surface area (Å²) in [5.74, 6) is 2.50. The molecular formula is C19H29ClN4OS. The van der Waals surface area contributed by atoms with Crippen LogP contribution in [0.15, 0.2) is 24.3 Å². The van der Waals surface area contributed by atoms with Crippen LogP contribution in [0, 0.1) is 5.92 Å². The third-order valence-electron chi connectivity index (χ3n) is 5.02. The summed E-state index contributed by atoms with van der Waals surface area (Å²) < 4.78 is 0. The van der Waals surface area contributed by atoms with Crippen molar-refractivity contribution >= 4 is 41.1 Å². The number of H-pyrrole nitrogens is 1. The van der Waals surface area contributed by atoms with E-state index < -0.39 is 0 Å². The number of rotatable bonds is 7. The second kappa shape index (κ2) is 10.2. The number of carbonyl (C=O) groups excluding carboxylic acids is 1. The number of fused-ring (bicyclic) bond motifs is 1. The molecule has 1 aromatic heterocycles. The Balaban J connectivity index is 0.00000243. The molecule has 2 heterocycles. The molecule has 1 aliphatic rings. The van der Waals surface area contributed by atoms with Gasteiger partial charge in [0.05, 0.1) is 22.0 Å². The number of hydrogen-bond acceptors (Lipinski definition) is 4. The summed E-state index contributed by atoms with van der Waals surface area (Å²) in [6, 6.07) is 8.04. The van der Waals surface area contributed by atoms with Gasteiger partial charge in [-0.15, -0.1) is 24.2 Å². The molecule has 1 atom stereocenters. The lowest BCUT2D eigenvalue weighted by atomic mass is 9.93. The standard InChI is InChI=1S/C19H28N4OS.ClH/c1-14(19-21-16-5-3-4-6-17(16)22-19)25-13-18(24)23-11-8-15(9-12-23)7-10-20-2;/h3-6,14-15,20H,7-13H2,1-2H3,(H,21,22);1H. The number of amides is 1. The Hall–Kier alpha value is -1.24. The molecule has 0 saturated carbocycles. The van der Waals surface area contributed by atoms with Gasteiger partial charge in [-0.05, 0) is 57.8 Å². The van der Waals surface area contributed by atoms with E-state index in [1.807, 2.05) is 36.2 Å². The van der Waals surface area contributed by atoms with Crippen molar-refractivity contribution in [1.29, 1.82) is 0 Å². The van der Waals surface area contributed by atoms with Crippen LogP contribution in [-0.4, -0.2) is 53.2 Å². The van der Waals surface area contributed by atoms with E-state index in [4.69, 9.17) is 0 Å². The summed E-state index contributed by atoms with van der Waals surface area (Å²) >= 11 is 1.67. The minimum absolute atomic E-state index is 0. The van der Waals surface area contributed by atoms with Crippen LogP contribution in [0.2, 0.25) is 0 Å². The molecular weight excluding hydrogens is 368 g/mol. The minimum Gasteiger partial charge on any atom is -0.342 e. The highest BCUT2D eigenvalue weighted by molar-refractivity contribution is 8.00. The quantitative estimate of drug-likeness (QED) is 0.750. The van der Waals surface area contributed by atoms with Crippen molar-refractivity contribution < 1.29 is 4.79 Å². The fourth-order valence-electron chi connectivity index (χ4n) is 3.35. The third-order valence-corrected chi connectivity index (χ3v) is 6.16. The van der Waals surface area contributed by atoms with Gasteiger partial charge in [-0.25, -0.2) is 4.98 Å². The summed E-state index contributed by atoms with van der Waals surface area (Å²) in [6.07, 6.45) is 3.49. The van der Waals surface area contributed by atoms with Gasteiger partial charge in [-0.3, -0.25) is 4.79 Å². The van der Waals surface area contributed by atoms with Crippen LogP contribution < -0.4 is 5.32 Å². The maximum absolute atomic E-state index is 12.5. The fourth-order valence-corrected chi connectivity index (χ4v) is 4.20. The zero-order valence-corrected chi connectivity index (χ0v) is 17.2. The van der Waals surface area contributed by atoms with Crippen LogP contribution in [0.4, 0.5) is 0 Å². The van der Waals surface area contributed by atoms with E-state index >= 15 is 0 Å². The Morgan fingerprint density at radius 1 is 1.38 bits per heavy atom. The Labute approximate surface area is 166 Å². The molecule has 0 bridgehead atoms. The Kier molecular flexibility index (Phi) is 8.25. The van der Waals surface area contributed by atoms with Crippen molar-refractivity contribution in [2.24, 2.45) is 5.92 Å². The molecule has 1 aromatic carbocycles. The van der Waals surface area contributed by atoms with Crippen molar-refractivity contribution in [2.45, 2.75) is 31.4 Å². The van der Waals surface area contributed by atoms with Crippen molar-refractivity contribution in [2.75, 3.05) is 32.4 Å². The van der Waals surface area contributed by atoms with Gasteiger partial charge < -0.3 is 15.2 Å². The zero-order valence-electron chi connectivity index (χ0n) is 15.5. The van der Waals surface area contributed by atoms with Gasteiger partial charge in [-0.2, -0.15) is 0 Å². The minimum atomic E-state index is 0. The fraction of sp³-hybridized carbons (Fsp3) is 0.579. The first-order chi connectivity index (χ1) is 12.2. The number of benzene rings is 1. The number of nitrogens with one attached hydrogen (secondary N) is 2. The van der Waals surface area contributed by atoms with Crippen molar-refractivity contribution in [3.63, 3.8) is 0 Å². The number of likely N-dealkylation sites (tertiary alicyclic amines) is 1. The molecule has 26 heavy (non-hydrogen) atoms. The zero-order chi connectivity index (χ0) is 17.6. The van der Waals surface area contributed by atoms with E-state index in [9.17, 15) is 4.79 Å². The lowest BCUT2D eigenvalue weighted by Crippen LogP contribution is -2.40. The van der Waals surface area contributed by atoms with Crippen LogP contribution in [-0.2, 0) is 4.79 Å². The molecule has 7 heteroatoms. The molecule has 1 fully saturated rings. The van der Waals surface area contributed by atoms with Gasteiger partial charge >= 0.3 is 0 Å². The number of aromatic nitrogens is 2. The van der Waals surface area contributed by atoms with Gasteiger partial charge in [0.1, 0.15) is 5.82 Å². The smallest absolute Gasteiger partial charge is 0.232 e. The first-order valence-electron chi connectivity index (χ1n) is 9.16. The van der Waals surface area contributed by atoms with Crippen molar-refractivity contribution in [3.8, 4) is 0 Å². The Bertz CT molecular complexity index is 667. The third kappa shape index (κ3) is 5.38. The lowest BCUT2D eigenvalue weighted by molar-refractivity contribution is -0.129. The summed E-state index contributed by atoms with van der Waals surface area (Å²) in [7, 11) is 2.00. The number of carbonyl (C=O) groups is 1. The molecule has 3 rings (SSSR count).